The normalized spacial score (nSPS) is 21.5. The molecule has 0 spiro atoms. The number of hydrogen-bond donors (Lipinski definition) is 2. The molecule has 7 nitrogen and oxygen atoms in total. The molecule has 28 heavy (non-hydrogen) atoms. The van der Waals surface area contributed by atoms with E-state index in [0.717, 1.165) is 57.8 Å². The van der Waals surface area contributed by atoms with Crippen molar-refractivity contribution in [2.24, 2.45) is 5.18 Å². The van der Waals surface area contributed by atoms with Gasteiger partial charge in [-0.15, -0.1) is 0 Å². The number of nitroso groups, excluding NO2 is 1. The molecule has 4 atom stereocenters. The first kappa shape index (κ1) is 25.0. The first-order chi connectivity index (χ1) is 13.6. The maximum absolute atomic E-state index is 10.5. The van der Waals surface area contributed by atoms with E-state index in [2.05, 4.69) is 12.1 Å². The predicted octanol–water partition coefficient (Wildman–Crippen LogP) is 4.44. The van der Waals surface area contributed by atoms with E-state index >= 15 is 0 Å². The van der Waals surface area contributed by atoms with Gasteiger partial charge in [0, 0.05) is 6.42 Å². The average molecular weight is 402 g/mol. The summed E-state index contributed by atoms with van der Waals surface area (Å²) in [6, 6.07) is 0. The summed E-state index contributed by atoms with van der Waals surface area (Å²) >= 11 is 0. The number of unbranched alkanes of at least 4 members (excludes halogenated alkanes) is 6. The fourth-order valence-electron chi connectivity index (χ4n) is 3.74. The average Bonchev–Trinajstić information content (AvgIpc) is 3.12. The van der Waals surface area contributed by atoms with Crippen molar-refractivity contribution in [2.45, 2.75) is 115 Å². The molecule has 1 aliphatic rings. The van der Waals surface area contributed by atoms with Crippen molar-refractivity contribution >= 4 is 5.97 Å². The fraction of sp³-hybridized carbons (Fsp3) is 0.952. The van der Waals surface area contributed by atoms with Crippen LogP contribution in [0.4, 0.5) is 0 Å². The summed E-state index contributed by atoms with van der Waals surface area (Å²) in [5.74, 6) is -0.733. The second kappa shape index (κ2) is 15.8. The van der Waals surface area contributed by atoms with Crippen molar-refractivity contribution in [2.75, 3.05) is 13.2 Å². The third-order valence-corrected chi connectivity index (χ3v) is 5.35. The lowest BCUT2D eigenvalue weighted by atomic mass is 10.0. The highest BCUT2D eigenvalue weighted by Gasteiger charge is 2.32. The van der Waals surface area contributed by atoms with Gasteiger partial charge in [-0.2, -0.15) is 4.91 Å². The van der Waals surface area contributed by atoms with Gasteiger partial charge in [0.2, 0.25) is 0 Å². The Kier molecular flexibility index (Phi) is 14.1. The zero-order valence-electron chi connectivity index (χ0n) is 17.4. The van der Waals surface area contributed by atoms with Crippen molar-refractivity contribution < 1.29 is 24.5 Å². The molecular formula is C21H39NO6. The van der Waals surface area contributed by atoms with Gasteiger partial charge in [0.25, 0.3) is 0 Å². The Morgan fingerprint density at radius 3 is 2.61 bits per heavy atom. The molecule has 7 heteroatoms. The molecule has 0 bridgehead atoms. The Balaban J connectivity index is 2.35. The molecule has 0 aliphatic carbocycles. The minimum absolute atomic E-state index is 0.0510. The smallest absolute Gasteiger partial charge is 0.303 e. The van der Waals surface area contributed by atoms with Gasteiger partial charge in [-0.05, 0) is 32.1 Å². The summed E-state index contributed by atoms with van der Waals surface area (Å²) in [5, 5.41) is 21.1. The minimum Gasteiger partial charge on any atom is -0.481 e. The van der Waals surface area contributed by atoms with Crippen molar-refractivity contribution in [1.29, 1.82) is 0 Å². The summed E-state index contributed by atoms with van der Waals surface area (Å²) in [6.07, 6.45) is 12.0. The predicted molar refractivity (Wildman–Crippen MR) is 108 cm³/mol. The van der Waals surface area contributed by atoms with Gasteiger partial charge in [-0.1, -0.05) is 57.0 Å². The molecule has 1 rings (SSSR count). The van der Waals surface area contributed by atoms with E-state index in [4.69, 9.17) is 14.6 Å². The molecular weight excluding hydrogens is 362 g/mol. The highest BCUT2D eigenvalue weighted by molar-refractivity contribution is 5.66. The molecule has 0 amide bonds. The lowest BCUT2D eigenvalue weighted by molar-refractivity contribution is -0.137. The molecule has 0 aromatic rings. The van der Waals surface area contributed by atoms with Gasteiger partial charge in [-0.3, -0.25) is 4.79 Å². The SMILES string of the molecule is CCCCCC1CCC(C(CCCCCCCC(=O)O)OCC(O)CN=O)O1. The number of carbonyl (C=O) groups is 1. The van der Waals surface area contributed by atoms with E-state index in [1.807, 2.05) is 0 Å². The maximum Gasteiger partial charge on any atom is 0.303 e. The molecule has 2 N–H and O–H groups in total. The third-order valence-electron chi connectivity index (χ3n) is 5.35. The summed E-state index contributed by atoms with van der Waals surface area (Å²) in [6.45, 7) is 2.15. The topological polar surface area (TPSA) is 105 Å². The van der Waals surface area contributed by atoms with E-state index in [-0.39, 0.29) is 31.8 Å². The van der Waals surface area contributed by atoms with Crippen LogP contribution >= 0.6 is 0 Å². The van der Waals surface area contributed by atoms with Crippen molar-refractivity contribution in [3.05, 3.63) is 4.91 Å². The van der Waals surface area contributed by atoms with Crippen LogP contribution in [0.15, 0.2) is 5.18 Å². The molecule has 0 radical (unpaired) electrons. The Labute approximate surface area is 169 Å². The number of carboxylic acid groups (broad SMARTS) is 1. The second-order valence-corrected chi connectivity index (χ2v) is 7.91. The number of rotatable bonds is 18. The number of ether oxygens (including phenoxy) is 2. The van der Waals surface area contributed by atoms with Crippen LogP contribution in [0.5, 0.6) is 0 Å². The Morgan fingerprint density at radius 1 is 1.14 bits per heavy atom. The highest BCUT2D eigenvalue weighted by atomic mass is 16.6. The Bertz CT molecular complexity index is 420. The maximum atomic E-state index is 10.5. The quantitative estimate of drug-likeness (QED) is 0.260. The van der Waals surface area contributed by atoms with Gasteiger partial charge in [0.15, 0.2) is 0 Å². The van der Waals surface area contributed by atoms with Crippen LogP contribution in [0.3, 0.4) is 0 Å². The third kappa shape index (κ3) is 11.7. The van der Waals surface area contributed by atoms with Crippen LogP contribution in [0.25, 0.3) is 0 Å². The Morgan fingerprint density at radius 2 is 1.89 bits per heavy atom. The number of aliphatic carboxylic acids is 1. The first-order valence-corrected chi connectivity index (χ1v) is 11.0. The van der Waals surface area contributed by atoms with E-state index in [1.165, 1.54) is 19.3 Å². The Hall–Kier alpha value is -1.05. The lowest BCUT2D eigenvalue weighted by Gasteiger charge is -2.25. The van der Waals surface area contributed by atoms with Gasteiger partial charge in [0.05, 0.1) is 24.9 Å². The molecule has 0 saturated carbocycles. The van der Waals surface area contributed by atoms with Crippen LogP contribution in [0.2, 0.25) is 0 Å². The standard InChI is InChI=1S/C21H39NO6/c1-2-3-7-10-18-13-14-20(28-18)19(27-16-17(23)15-22-26)11-8-5-4-6-9-12-21(24)25/h17-20,23H,2-16H2,1H3,(H,24,25). The van der Waals surface area contributed by atoms with Crippen molar-refractivity contribution in [1.82, 2.24) is 0 Å². The van der Waals surface area contributed by atoms with E-state index in [1.54, 1.807) is 0 Å². The van der Waals surface area contributed by atoms with E-state index in [9.17, 15) is 14.8 Å². The van der Waals surface area contributed by atoms with Gasteiger partial charge >= 0.3 is 5.97 Å². The summed E-state index contributed by atoms with van der Waals surface area (Å²) < 4.78 is 12.1. The van der Waals surface area contributed by atoms with Crippen LogP contribution in [0, 0.1) is 4.91 Å². The zero-order valence-corrected chi connectivity index (χ0v) is 17.4. The van der Waals surface area contributed by atoms with E-state index in [0.29, 0.717) is 6.10 Å². The van der Waals surface area contributed by atoms with Crippen LogP contribution < -0.4 is 0 Å². The second-order valence-electron chi connectivity index (χ2n) is 7.91. The molecule has 1 fully saturated rings. The molecule has 1 heterocycles. The highest BCUT2D eigenvalue weighted by Crippen LogP contribution is 2.29. The summed E-state index contributed by atoms with van der Waals surface area (Å²) in [7, 11) is 0. The van der Waals surface area contributed by atoms with Crippen molar-refractivity contribution in [3.8, 4) is 0 Å². The number of aliphatic hydroxyl groups excluding tert-OH is 1. The molecule has 4 unspecified atom stereocenters. The molecule has 1 aliphatic heterocycles. The number of aliphatic hydroxyl groups is 1. The number of nitrogens with zero attached hydrogens (tertiary/aromatic N) is 1. The molecule has 0 aromatic carbocycles. The van der Waals surface area contributed by atoms with E-state index < -0.39 is 12.1 Å². The fourth-order valence-corrected chi connectivity index (χ4v) is 3.74. The van der Waals surface area contributed by atoms with Gasteiger partial charge in [0.1, 0.15) is 12.6 Å². The molecule has 164 valence electrons. The number of carboxylic acids is 1. The first-order valence-electron chi connectivity index (χ1n) is 11.0. The summed E-state index contributed by atoms with van der Waals surface area (Å²) in [4.78, 5) is 20.8. The van der Waals surface area contributed by atoms with Gasteiger partial charge in [-0.25, -0.2) is 0 Å². The molecule has 1 saturated heterocycles. The molecule has 0 aromatic heterocycles. The van der Waals surface area contributed by atoms with Crippen LogP contribution in [0.1, 0.15) is 90.4 Å². The van der Waals surface area contributed by atoms with Crippen molar-refractivity contribution in [3.63, 3.8) is 0 Å². The monoisotopic (exact) mass is 401 g/mol. The van der Waals surface area contributed by atoms with Crippen LogP contribution in [-0.4, -0.2) is 53.7 Å². The summed E-state index contributed by atoms with van der Waals surface area (Å²) in [5.41, 5.74) is 0. The largest absolute Gasteiger partial charge is 0.481 e. The van der Waals surface area contributed by atoms with Gasteiger partial charge < -0.3 is 19.7 Å². The zero-order chi connectivity index (χ0) is 20.6. The lowest BCUT2D eigenvalue weighted by Crippen LogP contribution is -2.33. The number of hydrogen-bond acceptors (Lipinski definition) is 6. The van der Waals surface area contributed by atoms with Crippen LogP contribution in [-0.2, 0) is 14.3 Å². The minimum atomic E-state index is -0.863.